The largest absolute Gasteiger partial charge is 0.573 e. The molecule has 11 heteroatoms. The van der Waals surface area contributed by atoms with Crippen LogP contribution in [0.5, 0.6) is 5.75 Å². The van der Waals surface area contributed by atoms with Crippen molar-refractivity contribution in [3.05, 3.63) is 60.2 Å². The van der Waals surface area contributed by atoms with Crippen molar-refractivity contribution >= 4 is 28.4 Å². The van der Waals surface area contributed by atoms with Gasteiger partial charge in [0.2, 0.25) is 11.8 Å². The number of hydrogen-bond donors (Lipinski definition) is 2. The monoisotopic (exact) mass is 418 g/mol. The van der Waals surface area contributed by atoms with Crippen molar-refractivity contribution in [1.29, 1.82) is 0 Å². The lowest BCUT2D eigenvalue weighted by atomic mass is 10.3. The maximum Gasteiger partial charge on any atom is 0.573 e. The van der Waals surface area contributed by atoms with Crippen molar-refractivity contribution in [1.82, 2.24) is 19.5 Å². The third-order valence-electron chi connectivity index (χ3n) is 4.14. The molecule has 2 aromatic carbocycles. The number of anilines is 3. The number of aryl methyl sites for hydroxylation is 1. The Kier molecular flexibility index (Phi) is 4.65. The van der Waals surface area contributed by atoms with Gasteiger partial charge in [-0.3, -0.25) is 4.57 Å². The Balaban J connectivity index is 1.70. The average Bonchev–Trinajstić information content (AvgIpc) is 3.01. The second kappa shape index (κ2) is 7.17. The van der Waals surface area contributed by atoms with Crippen LogP contribution in [0.1, 0.15) is 5.82 Å². The number of halogens is 4. The number of fused-ring (bicyclic) bond motifs is 1. The summed E-state index contributed by atoms with van der Waals surface area (Å²) in [5.41, 5.74) is 7.42. The summed E-state index contributed by atoms with van der Waals surface area (Å²) in [7, 11) is 0. The zero-order valence-electron chi connectivity index (χ0n) is 15.4. The van der Waals surface area contributed by atoms with Gasteiger partial charge in [0.15, 0.2) is 11.6 Å². The molecule has 0 saturated heterocycles. The molecule has 0 fully saturated rings. The highest BCUT2D eigenvalue weighted by Gasteiger charge is 2.31. The number of nitrogen functional groups attached to an aromatic ring is 1. The second-order valence-corrected chi connectivity index (χ2v) is 6.25. The first-order chi connectivity index (χ1) is 14.2. The summed E-state index contributed by atoms with van der Waals surface area (Å²) in [5.74, 6) is -1.26. The highest BCUT2D eigenvalue weighted by Crippen LogP contribution is 2.28. The predicted molar refractivity (Wildman–Crippen MR) is 102 cm³/mol. The molecule has 0 spiro atoms. The van der Waals surface area contributed by atoms with Gasteiger partial charge in [-0.25, -0.2) is 4.98 Å². The SMILES string of the molecule is Cc1nc2ccccc2n1-c1nc(N)c(F)c(Nc2ccc(OC(F)(F)F)cc2)n1. The second-order valence-electron chi connectivity index (χ2n) is 6.25. The van der Waals surface area contributed by atoms with Crippen LogP contribution in [0.25, 0.3) is 17.0 Å². The molecule has 0 radical (unpaired) electrons. The fourth-order valence-electron chi connectivity index (χ4n) is 2.91. The van der Waals surface area contributed by atoms with Crippen LogP contribution in [-0.2, 0) is 0 Å². The lowest BCUT2D eigenvalue weighted by Gasteiger charge is -2.13. The van der Waals surface area contributed by atoms with Gasteiger partial charge in [0.25, 0.3) is 0 Å². The van der Waals surface area contributed by atoms with Crippen LogP contribution in [0.2, 0.25) is 0 Å². The number of para-hydroxylation sites is 2. The topological polar surface area (TPSA) is 90.9 Å². The van der Waals surface area contributed by atoms with Crippen molar-refractivity contribution < 1.29 is 22.3 Å². The molecule has 0 aliphatic rings. The number of hydrogen-bond acceptors (Lipinski definition) is 6. The molecular weight excluding hydrogens is 404 g/mol. The van der Waals surface area contributed by atoms with Gasteiger partial charge < -0.3 is 15.8 Å². The predicted octanol–water partition coefficient (Wildman–Crippen LogP) is 4.49. The molecule has 0 aliphatic heterocycles. The lowest BCUT2D eigenvalue weighted by Crippen LogP contribution is -2.17. The van der Waals surface area contributed by atoms with E-state index < -0.39 is 23.7 Å². The molecule has 2 heterocycles. The van der Waals surface area contributed by atoms with Gasteiger partial charge in [0, 0.05) is 5.69 Å². The maximum absolute atomic E-state index is 14.5. The molecule has 30 heavy (non-hydrogen) atoms. The van der Waals surface area contributed by atoms with Crippen molar-refractivity contribution in [2.24, 2.45) is 0 Å². The summed E-state index contributed by atoms with van der Waals surface area (Å²) >= 11 is 0. The molecule has 154 valence electrons. The third kappa shape index (κ3) is 3.81. The van der Waals surface area contributed by atoms with Gasteiger partial charge in [-0.2, -0.15) is 14.4 Å². The summed E-state index contributed by atoms with van der Waals surface area (Å²) in [5, 5.41) is 2.70. The molecule has 7 nitrogen and oxygen atoms in total. The standard InChI is InChI=1S/C19H14F4N6O/c1-10-25-13-4-2-3-5-14(13)29(10)18-27-16(24)15(20)17(28-18)26-11-6-8-12(9-7-11)30-19(21,22)23/h2-9H,1H3,(H3,24,26,27,28). The minimum absolute atomic E-state index is 0.0969. The van der Waals surface area contributed by atoms with Gasteiger partial charge in [-0.05, 0) is 43.3 Å². The molecule has 0 atom stereocenters. The summed E-state index contributed by atoms with van der Waals surface area (Å²) < 4.78 is 56.8. The van der Waals surface area contributed by atoms with Gasteiger partial charge in [-0.1, -0.05) is 12.1 Å². The lowest BCUT2D eigenvalue weighted by molar-refractivity contribution is -0.274. The van der Waals surface area contributed by atoms with E-state index in [2.05, 4.69) is 25.0 Å². The van der Waals surface area contributed by atoms with Crippen LogP contribution in [0, 0.1) is 12.7 Å². The van der Waals surface area contributed by atoms with E-state index in [1.807, 2.05) is 24.3 Å². The molecule has 0 amide bonds. The normalized spacial score (nSPS) is 11.6. The Morgan fingerprint density at radius 1 is 1.00 bits per heavy atom. The van der Waals surface area contributed by atoms with E-state index in [-0.39, 0.29) is 17.5 Å². The van der Waals surface area contributed by atoms with Crippen molar-refractivity contribution in [2.75, 3.05) is 11.1 Å². The summed E-state index contributed by atoms with van der Waals surface area (Å²) in [6.45, 7) is 1.75. The van der Waals surface area contributed by atoms with E-state index in [0.717, 1.165) is 12.1 Å². The number of nitrogens with zero attached hydrogens (tertiary/aromatic N) is 4. The minimum atomic E-state index is -4.80. The smallest absolute Gasteiger partial charge is 0.406 e. The van der Waals surface area contributed by atoms with Gasteiger partial charge in [0.05, 0.1) is 11.0 Å². The molecule has 4 rings (SSSR count). The van der Waals surface area contributed by atoms with E-state index in [1.54, 1.807) is 11.5 Å². The Labute approximate surface area is 167 Å². The highest BCUT2D eigenvalue weighted by molar-refractivity contribution is 5.77. The number of aromatic nitrogens is 4. The number of imidazole rings is 1. The zero-order valence-corrected chi connectivity index (χ0v) is 15.4. The fraction of sp³-hybridized carbons (Fsp3) is 0.105. The number of benzene rings is 2. The molecule has 4 aromatic rings. The zero-order chi connectivity index (χ0) is 21.5. The first-order valence-electron chi connectivity index (χ1n) is 8.61. The minimum Gasteiger partial charge on any atom is -0.406 e. The first-order valence-corrected chi connectivity index (χ1v) is 8.61. The summed E-state index contributed by atoms with van der Waals surface area (Å²) in [6, 6.07) is 12.0. The Hall–Kier alpha value is -3.89. The Morgan fingerprint density at radius 3 is 2.40 bits per heavy atom. The summed E-state index contributed by atoms with van der Waals surface area (Å²) in [4.78, 5) is 12.6. The van der Waals surface area contributed by atoms with E-state index >= 15 is 0 Å². The first kappa shape index (κ1) is 19.4. The van der Waals surface area contributed by atoms with Crippen LogP contribution < -0.4 is 15.8 Å². The summed E-state index contributed by atoms with van der Waals surface area (Å²) in [6.07, 6.45) is -4.80. The van der Waals surface area contributed by atoms with E-state index in [9.17, 15) is 17.6 Å². The number of nitrogens with two attached hydrogens (primary N) is 1. The van der Waals surface area contributed by atoms with E-state index in [1.165, 1.54) is 12.1 Å². The highest BCUT2D eigenvalue weighted by atomic mass is 19.4. The van der Waals surface area contributed by atoms with Crippen molar-refractivity contribution in [3.63, 3.8) is 0 Å². The van der Waals surface area contributed by atoms with E-state index in [0.29, 0.717) is 16.9 Å². The van der Waals surface area contributed by atoms with Crippen LogP contribution in [0.3, 0.4) is 0 Å². The third-order valence-corrected chi connectivity index (χ3v) is 4.14. The molecular formula is C19H14F4N6O. The number of nitrogens with one attached hydrogen (secondary N) is 1. The van der Waals surface area contributed by atoms with Crippen molar-refractivity contribution in [2.45, 2.75) is 13.3 Å². The van der Waals surface area contributed by atoms with Crippen LogP contribution in [-0.4, -0.2) is 25.9 Å². The number of rotatable bonds is 4. The Morgan fingerprint density at radius 2 is 1.70 bits per heavy atom. The quantitative estimate of drug-likeness (QED) is 0.475. The fourth-order valence-corrected chi connectivity index (χ4v) is 2.91. The van der Waals surface area contributed by atoms with Gasteiger partial charge in [0.1, 0.15) is 11.6 Å². The maximum atomic E-state index is 14.5. The molecule has 2 aromatic heterocycles. The van der Waals surface area contributed by atoms with Gasteiger partial charge in [-0.15, -0.1) is 13.2 Å². The Bertz CT molecular complexity index is 1220. The molecule has 3 N–H and O–H groups in total. The molecule has 0 saturated carbocycles. The van der Waals surface area contributed by atoms with E-state index in [4.69, 9.17) is 5.73 Å². The molecule has 0 unspecified atom stereocenters. The number of ether oxygens (including phenoxy) is 1. The van der Waals surface area contributed by atoms with Crippen molar-refractivity contribution in [3.8, 4) is 11.7 Å². The molecule has 0 bridgehead atoms. The van der Waals surface area contributed by atoms with Crippen LogP contribution >= 0.6 is 0 Å². The number of alkyl halides is 3. The van der Waals surface area contributed by atoms with Gasteiger partial charge >= 0.3 is 6.36 Å². The molecule has 0 aliphatic carbocycles. The average molecular weight is 418 g/mol. The van der Waals surface area contributed by atoms with Crippen LogP contribution in [0.4, 0.5) is 34.9 Å². The van der Waals surface area contributed by atoms with Crippen LogP contribution in [0.15, 0.2) is 48.5 Å².